The van der Waals surface area contributed by atoms with E-state index in [2.05, 4.69) is 29.1 Å². The highest BCUT2D eigenvalue weighted by atomic mass is 16.4. The number of benzene rings is 2. The molecule has 2 aromatic rings. The van der Waals surface area contributed by atoms with Gasteiger partial charge in [0, 0.05) is 24.4 Å². The van der Waals surface area contributed by atoms with Gasteiger partial charge in [0.25, 0.3) is 0 Å². The summed E-state index contributed by atoms with van der Waals surface area (Å²) in [6, 6.07) is 16.2. The number of carbonyl (C=O) groups excluding carboxylic acids is 1. The van der Waals surface area contributed by atoms with Crippen molar-refractivity contribution in [2.24, 2.45) is 5.92 Å². The first kappa shape index (κ1) is 18.1. The maximum absolute atomic E-state index is 12.2. The van der Waals surface area contributed by atoms with Crippen molar-refractivity contribution in [1.82, 2.24) is 4.90 Å². The van der Waals surface area contributed by atoms with Gasteiger partial charge in [-0.25, -0.2) is 4.79 Å². The van der Waals surface area contributed by atoms with E-state index in [1.807, 2.05) is 24.3 Å². The lowest BCUT2D eigenvalue weighted by molar-refractivity contribution is -0.121. The van der Waals surface area contributed by atoms with E-state index in [1.54, 1.807) is 0 Å². The minimum Gasteiger partial charge on any atom is -0.465 e. The summed E-state index contributed by atoms with van der Waals surface area (Å²) in [6.45, 7) is 0.311. The fourth-order valence-corrected chi connectivity index (χ4v) is 4.73. The van der Waals surface area contributed by atoms with E-state index in [9.17, 15) is 14.7 Å². The Balaban J connectivity index is 1.66. The number of hydrogen-bond donors (Lipinski definition) is 1. The molecule has 1 aliphatic carbocycles. The first-order chi connectivity index (χ1) is 13.6. The highest BCUT2D eigenvalue weighted by Gasteiger charge is 2.38. The third-order valence-electron chi connectivity index (χ3n) is 6.02. The number of fused-ring (bicyclic) bond motifs is 3. The molecule has 0 radical (unpaired) electrons. The molecule has 1 fully saturated rings. The van der Waals surface area contributed by atoms with Crippen LogP contribution in [0.5, 0.6) is 0 Å². The zero-order valence-electron chi connectivity index (χ0n) is 15.4. The molecule has 2 unspecified atom stereocenters. The second kappa shape index (κ2) is 7.41. The molecule has 1 saturated heterocycles. The fourth-order valence-electron chi connectivity index (χ4n) is 4.73. The maximum Gasteiger partial charge on any atom is 0.407 e. The number of hydrogen-bond acceptors (Lipinski definition) is 2. The second-order valence-electron chi connectivity index (χ2n) is 7.46. The SMILES string of the molecule is [N-]=[N+]=CC(=O)C1CCN(C(=O)O)C(CC2c3ccccc3-c3ccccc32)C1. The third kappa shape index (κ3) is 3.12. The van der Waals surface area contributed by atoms with E-state index in [1.165, 1.54) is 27.2 Å². The van der Waals surface area contributed by atoms with Crippen LogP contribution in [0.25, 0.3) is 16.7 Å². The summed E-state index contributed by atoms with van der Waals surface area (Å²) in [4.78, 5) is 28.3. The number of rotatable bonds is 4. The highest BCUT2D eigenvalue weighted by Crippen LogP contribution is 2.47. The van der Waals surface area contributed by atoms with Crippen molar-refractivity contribution >= 4 is 18.1 Å². The highest BCUT2D eigenvalue weighted by molar-refractivity contribution is 6.26. The smallest absolute Gasteiger partial charge is 0.407 e. The van der Waals surface area contributed by atoms with Crippen LogP contribution < -0.4 is 0 Å². The number of carboxylic acid groups (broad SMARTS) is 1. The van der Waals surface area contributed by atoms with E-state index in [0.29, 0.717) is 25.8 Å². The lowest BCUT2D eigenvalue weighted by atomic mass is 9.81. The lowest BCUT2D eigenvalue weighted by Crippen LogP contribution is -2.47. The summed E-state index contributed by atoms with van der Waals surface area (Å²) in [5.74, 6) is -0.465. The predicted molar refractivity (Wildman–Crippen MR) is 104 cm³/mol. The summed E-state index contributed by atoms with van der Waals surface area (Å²) in [5, 5.41) is 9.68. The molecule has 1 amide bonds. The number of piperidine rings is 1. The van der Waals surface area contributed by atoms with Crippen LogP contribution in [-0.4, -0.2) is 45.5 Å². The first-order valence-corrected chi connectivity index (χ1v) is 9.49. The van der Waals surface area contributed by atoms with Crippen molar-refractivity contribution < 1.29 is 19.5 Å². The normalized spacial score (nSPS) is 20.8. The summed E-state index contributed by atoms with van der Waals surface area (Å²) in [6.07, 6.45) is 1.49. The molecule has 2 aliphatic rings. The molecule has 1 aliphatic heterocycles. The summed E-state index contributed by atoms with van der Waals surface area (Å²) in [5.41, 5.74) is 13.5. The number of carbonyl (C=O) groups is 2. The van der Waals surface area contributed by atoms with Gasteiger partial charge in [0.05, 0.1) is 0 Å². The van der Waals surface area contributed by atoms with Crippen LogP contribution in [0.2, 0.25) is 0 Å². The van der Waals surface area contributed by atoms with E-state index < -0.39 is 6.09 Å². The molecule has 0 spiro atoms. The molecule has 6 nitrogen and oxygen atoms in total. The fraction of sp³-hybridized carbons (Fsp3) is 0.318. The van der Waals surface area contributed by atoms with Crippen LogP contribution >= 0.6 is 0 Å². The minimum absolute atomic E-state index is 0.0969. The van der Waals surface area contributed by atoms with Crippen molar-refractivity contribution in [1.29, 1.82) is 0 Å². The lowest BCUT2D eigenvalue weighted by Gasteiger charge is -2.38. The monoisotopic (exact) mass is 375 g/mol. The quantitative estimate of drug-likeness (QED) is 0.500. The number of likely N-dealkylation sites (tertiary alicyclic amines) is 1. The number of amides is 1. The van der Waals surface area contributed by atoms with Crippen LogP contribution in [0.3, 0.4) is 0 Å². The zero-order valence-corrected chi connectivity index (χ0v) is 15.4. The topological polar surface area (TPSA) is 94.0 Å². The molecule has 142 valence electrons. The van der Waals surface area contributed by atoms with Gasteiger partial charge in [-0.05, 0) is 41.5 Å². The Labute approximate surface area is 163 Å². The van der Waals surface area contributed by atoms with Crippen molar-refractivity contribution in [2.75, 3.05) is 6.54 Å². The van der Waals surface area contributed by atoms with Crippen molar-refractivity contribution in [3.05, 3.63) is 65.2 Å². The van der Waals surface area contributed by atoms with Crippen LogP contribution in [0, 0.1) is 5.92 Å². The van der Waals surface area contributed by atoms with Crippen LogP contribution in [0.4, 0.5) is 4.79 Å². The maximum atomic E-state index is 12.2. The Bertz CT molecular complexity index is 935. The molecule has 4 rings (SSSR count). The number of nitrogens with zero attached hydrogens (tertiary/aromatic N) is 3. The van der Waals surface area contributed by atoms with Gasteiger partial charge in [0.2, 0.25) is 5.78 Å². The Hall–Kier alpha value is -3.24. The van der Waals surface area contributed by atoms with Gasteiger partial charge in [-0.3, -0.25) is 4.79 Å². The van der Waals surface area contributed by atoms with Crippen LogP contribution in [-0.2, 0) is 4.79 Å². The van der Waals surface area contributed by atoms with Gasteiger partial charge in [0.1, 0.15) is 0 Å². The number of Topliss-reactive ketones (excluding diaryl/α,β-unsaturated/α-hetero) is 1. The van der Waals surface area contributed by atoms with E-state index in [4.69, 9.17) is 5.53 Å². The van der Waals surface area contributed by atoms with Crippen molar-refractivity contribution in [2.45, 2.75) is 31.2 Å². The summed E-state index contributed by atoms with van der Waals surface area (Å²) < 4.78 is 0. The largest absolute Gasteiger partial charge is 0.465 e. The molecule has 2 atom stereocenters. The number of ketones is 1. The summed E-state index contributed by atoms with van der Waals surface area (Å²) in [7, 11) is 0. The van der Waals surface area contributed by atoms with Crippen molar-refractivity contribution in [3.8, 4) is 11.1 Å². The van der Waals surface area contributed by atoms with E-state index in [-0.39, 0.29) is 23.7 Å². The molecular weight excluding hydrogens is 354 g/mol. The third-order valence-corrected chi connectivity index (χ3v) is 6.02. The molecule has 6 heteroatoms. The zero-order chi connectivity index (χ0) is 19.7. The van der Waals surface area contributed by atoms with Gasteiger partial charge >= 0.3 is 12.3 Å². The molecular formula is C22H21N3O3. The molecule has 2 aromatic carbocycles. The molecule has 0 aromatic heterocycles. The van der Waals surface area contributed by atoms with Gasteiger partial charge in [-0.15, -0.1) is 0 Å². The van der Waals surface area contributed by atoms with Gasteiger partial charge in [0.15, 0.2) is 0 Å². The Morgan fingerprint density at radius 2 is 1.71 bits per heavy atom. The van der Waals surface area contributed by atoms with Gasteiger partial charge < -0.3 is 15.5 Å². The predicted octanol–water partition coefficient (Wildman–Crippen LogP) is 3.82. The first-order valence-electron chi connectivity index (χ1n) is 9.49. The van der Waals surface area contributed by atoms with Crippen LogP contribution in [0.1, 0.15) is 36.3 Å². The second-order valence-corrected chi connectivity index (χ2v) is 7.46. The molecule has 0 bridgehead atoms. The van der Waals surface area contributed by atoms with Crippen LogP contribution in [0.15, 0.2) is 48.5 Å². The Morgan fingerprint density at radius 1 is 1.11 bits per heavy atom. The Morgan fingerprint density at radius 3 is 2.29 bits per heavy atom. The Kier molecular flexibility index (Phi) is 4.80. The van der Waals surface area contributed by atoms with E-state index >= 15 is 0 Å². The average Bonchev–Trinajstić information content (AvgIpc) is 3.02. The molecule has 0 saturated carbocycles. The van der Waals surface area contributed by atoms with Gasteiger partial charge in [-0.2, -0.15) is 4.79 Å². The molecule has 1 N–H and O–H groups in total. The van der Waals surface area contributed by atoms with Crippen molar-refractivity contribution in [3.63, 3.8) is 0 Å². The summed E-state index contributed by atoms with van der Waals surface area (Å²) >= 11 is 0. The minimum atomic E-state index is -0.953. The van der Waals surface area contributed by atoms with E-state index in [0.717, 1.165) is 6.21 Å². The standard InChI is InChI=1S/C22H21N3O3/c23-24-13-21(26)14-9-10-25(22(27)28)15(11-14)12-20-18-7-3-1-5-16(18)17-6-2-4-8-19(17)20/h1-8,13-15,20H,9-12H2,(H,27,28). The average molecular weight is 375 g/mol. The molecule has 1 heterocycles. The molecule has 28 heavy (non-hydrogen) atoms. The van der Waals surface area contributed by atoms with Gasteiger partial charge in [-0.1, -0.05) is 48.5 Å².